The predicted octanol–water partition coefficient (Wildman–Crippen LogP) is 1.98. The molecule has 1 aromatic carbocycles. The summed E-state index contributed by atoms with van der Waals surface area (Å²) in [7, 11) is 3.55. The third kappa shape index (κ3) is 3.47. The Balaban J connectivity index is 2.35. The Morgan fingerprint density at radius 2 is 2.19 bits per heavy atom. The molecule has 0 spiro atoms. The van der Waals surface area contributed by atoms with Crippen LogP contribution in [0.2, 0.25) is 0 Å². The molecule has 0 saturated carbocycles. The fourth-order valence-electron chi connectivity index (χ4n) is 2.95. The highest BCUT2D eigenvalue weighted by Gasteiger charge is 2.24. The van der Waals surface area contributed by atoms with E-state index in [-0.39, 0.29) is 5.97 Å². The molecule has 1 aliphatic heterocycles. The van der Waals surface area contributed by atoms with Crippen LogP contribution in [-0.2, 0) is 4.74 Å². The van der Waals surface area contributed by atoms with E-state index in [9.17, 15) is 4.79 Å². The summed E-state index contributed by atoms with van der Waals surface area (Å²) in [4.78, 5) is 16.4. The van der Waals surface area contributed by atoms with Gasteiger partial charge in [0, 0.05) is 19.1 Å². The minimum Gasteiger partial charge on any atom is -0.465 e. The number of carbonyl (C=O) groups excluding carboxylic acids is 1. The minimum atomic E-state index is -0.323. The van der Waals surface area contributed by atoms with Crippen molar-refractivity contribution in [2.24, 2.45) is 0 Å². The molecule has 1 atom stereocenters. The Morgan fingerprint density at radius 3 is 2.86 bits per heavy atom. The van der Waals surface area contributed by atoms with E-state index in [0.717, 1.165) is 38.2 Å². The molecule has 1 fully saturated rings. The molecule has 0 amide bonds. The molecular weight excluding hydrogens is 266 g/mol. The number of anilines is 2. The quantitative estimate of drug-likeness (QED) is 0.681. The maximum atomic E-state index is 11.7. The lowest BCUT2D eigenvalue weighted by Gasteiger charge is -2.33. The van der Waals surface area contributed by atoms with Gasteiger partial charge in [0.25, 0.3) is 0 Å². The Bertz CT molecular complexity index is 504. The second kappa shape index (κ2) is 6.80. The standard InChI is InChI=1S/C16H25N3O2/c1-4-13-11-18(2)8-5-9-19(13)15-10-12(16(20)21-3)6-7-14(15)17/h6-7,10,13H,4-5,8-9,11,17H2,1-3H3. The number of carbonyl (C=O) groups is 1. The van der Waals surface area contributed by atoms with E-state index in [2.05, 4.69) is 23.8 Å². The largest absolute Gasteiger partial charge is 0.465 e. The number of nitrogens with two attached hydrogens (primary N) is 1. The number of hydrogen-bond donors (Lipinski definition) is 1. The first-order chi connectivity index (χ1) is 10.1. The molecule has 0 bridgehead atoms. The molecular formula is C16H25N3O2. The molecule has 2 rings (SSSR count). The summed E-state index contributed by atoms with van der Waals surface area (Å²) in [6.45, 7) is 5.25. The molecule has 5 heteroatoms. The summed E-state index contributed by atoms with van der Waals surface area (Å²) in [5.74, 6) is -0.323. The maximum Gasteiger partial charge on any atom is 0.337 e. The first-order valence-electron chi connectivity index (χ1n) is 7.49. The molecule has 21 heavy (non-hydrogen) atoms. The third-order valence-electron chi connectivity index (χ3n) is 4.13. The SMILES string of the molecule is CCC1CN(C)CCCN1c1cc(C(=O)OC)ccc1N. The molecule has 1 saturated heterocycles. The van der Waals surface area contributed by atoms with E-state index in [0.29, 0.717) is 17.3 Å². The number of esters is 1. The number of benzene rings is 1. The smallest absolute Gasteiger partial charge is 0.337 e. The number of rotatable bonds is 3. The predicted molar refractivity (Wildman–Crippen MR) is 85.7 cm³/mol. The topological polar surface area (TPSA) is 58.8 Å². The number of likely N-dealkylation sites (N-methyl/N-ethyl adjacent to an activating group) is 1. The van der Waals surface area contributed by atoms with E-state index >= 15 is 0 Å². The summed E-state index contributed by atoms with van der Waals surface area (Å²) in [6, 6.07) is 5.78. The van der Waals surface area contributed by atoms with E-state index in [4.69, 9.17) is 10.5 Å². The van der Waals surface area contributed by atoms with Crippen LogP contribution in [0.15, 0.2) is 18.2 Å². The van der Waals surface area contributed by atoms with Crippen LogP contribution in [0.5, 0.6) is 0 Å². The van der Waals surface area contributed by atoms with E-state index in [1.54, 1.807) is 12.1 Å². The Labute approximate surface area is 126 Å². The van der Waals surface area contributed by atoms with Gasteiger partial charge in [0.05, 0.1) is 24.0 Å². The summed E-state index contributed by atoms with van der Waals surface area (Å²) in [5, 5.41) is 0. The number of hydrogen-bond acceptors (Lipinski definition) is 5. The number of nitrogen functional groups attached to an aromatic ring is 1. The molecule has 0 aromatic heterocycles. The van der Waals surface area contributed by atoms with Crippen molar-refractivity contribution in [1.82, 2.24) is 4.90 Å². The fourth-order valence-corrected chi connectivity index (χ4v) is 2.95. The molecule has 116 valence electrons. The van der Waals surface area contributed by atoms with E-state index < -0.39 is 0 Å². The molecule has 0 aliphatic carbocycles. The van der Waals surface area contributed by atoms with Crippen molar-refractivity contribution in [2.45, 2.75) is 25.8 Å². The van der Waals surface area contributed by atoms with E-state index in [1.807, 2.05) is 6.07 Å². The van der Waals surface area contributed by atoms with Crippen LogP contribution in [-0.4, -0.2) is 50.7 Å². The van der Waals surface area contributed by atoms with Crippen molar-refractivity contribution in [3.05, 3.63) is 23.8 Å². The van der Waals surface area contributed by atoms with Crippen LogP contribution >= 0.6 is 0 Å². The van der Waals surface area contributed by atoms with Gasteiger partial charge in [0.1, 0.15) is 0 Å². The lowest BCUT2D eigenvalue weighted by molar-refractivity contribution is 0.0601. The summed E-state index contributed by atoms with van der Waals surface area (Å²) < 4.78 is 4.81. The molecule has 1 aliphatic rings. The molecule has 1 heterocycles. The number of ether oxygens (including phenoxy) is 1. The van der Waals surface area contributed by atoms with Crippen molar-refractivity contribution >= 4 is 17.3 Å². The third-order valence-corrected chi connectivity index (χ3v) is 4.13. The molecule has 2 N–H and O–H groups in total. The van der Waals surface area contributed by atoms with Crippen LogP contribution in [0, 0.1) is 0 Å². The van der Waals surface area contributed by atoms with Gasteiger partial charge in [-0.2, -0.15) is 0 Å². The van der Waals surface area contributed by atoms with Gasteiger partial charge >= 0.3 is 5.97 Å². The molecule has 1 aromatic rings. The zero-order valence-corrected chi connectivity index (χ0v) is 13.1. The monoisotopic (exact) mass is 291 g/mol. The molecule has 0 radical (unpaired) electrons. The van der Waals surface area contributed by atoms with Gasteiger partial charge in [-0.05, 0) is 44.6 Å². The Kier molecular flexibility index (Phi) is 5.07. The van der Waals surface area contributed by atoms with Crippen LogP contribution in [0.25, 0.3) is 0 Å². The van der Waals surface area contributed by atoms with Crippen molar-refractivity contribution in [3.8, 4) is 0 Å². The fraction of sp³-hybridized carbons (Fsp3) is 0.562. The summed E-state index contributed by atoms with van der Waals surface area (Å²) in [6.07, 6.45) is 2.14. The Hall–Kier alpha value is -1.75. The van der Waals surface area contributed by atoms with E-state index in [1.165, 1.54) is 7.11 Å². The lowest BCUT2D eigenvalue weighted by Crippen LogP contribution is -2.40. The normalized spacial score (nSPS) is 20.1. The van der Waals surface area contributed by atoms with Gasteiger partial charge in [-0.15, -0.1) is 0 Å². The summed E-state index contributed by atoms with van der Waals surface area (Å²) in [5.41, 5.74) is 8.37. The highest BCUT2D eigenvalue weighted by molar-refractivity contribution is 5.92. The zero-order valence-electron chi connectivity index (χ0n) is 13.1. The molecule has 1 unspecified atom stereocenters. The minimum absolute atomic E-state index is 0.323. The van der Waals surface area contributed by atoms with Crippen molar-refractivity contribution < 1.29 is 9.53 Å². The number of nitrogens with zero attached hydrogens (tertiary/aromatic N) is 2. The van der Waals surface area contributed by atoms with Crippen molar-refractivity contribution in [2.75, 3.05) is 44.4 Å². The molecule has 5 nitrogen and oxygen atoms in total. The van der Waals surface area contributed by atoms with Gasteiger partial charge in [-0.25, -0.2) is 4.79 Å². The zero-order chi connectivity index (χ0) is 15.4. The average molecular weight is 291 g/mol. The van der Waals surface area contributed by atoms with Gasteiger partial charge in [0.15, 0.2) is 0 Å². The number of methoxy groups -OCH3 is 1. The van der Waals surface area contributed by atoms with Crippen molar-refractivity contribution in [1.29, 1.82) is 0 Å². The maximum absolute atomic E-state index is 11.7. The first-order valence-corrected chi connectivity index (χ1v) is 7.49. The van der Waals surface area contributed by atoms with Crippen LogP contribution < -0.4 is 10.6 Å². The van der Waals surface area contributed by atoms with Gasteiger partial charge in [-0.1, -0.05) is 6.92 Å². The van der Waals surface area contributed by atoms with Crippen LogP contribution in [0.4, 0.5) is 11.4 Å². The van der Waals surface area contributed by atoms with Crippen molar-refractivity contribution in [3.63, 3.8) is 0 Å². The first kappa shape index (κ1) is 15.6. The second-order valence-electron chi connectivity index (χ2n) is 5.64. The van der Waals surface area contributed by atoms with Gasteiger partial charge < -0.3 is 20.3 Å². The van der Waals surface area contributed by atoms with Gasteiger partial charge in [-0.3, -0.25) is 0 Å². The van der Waals surface area contributed by atoms with Gasteiger partial charge in [0.2, 0.25) is 0 Å². The van der Waals surface area contributed by atoms with Crippen LogP contribution in [0.1, 0.15) is 30.1 Å². The lowest BCUT2D eigenvalue weighted by atomic mass is 10.1. The second-order valence-corrected chi connectivity index (χ2v) is 5.64. The Morgan fingerprint density at radius 1 is 1.43 bits per heavy atom. The van der Waals surface area contributed by atoms with Crippen LogP contribution in [0.3, 0.4) is 0 Å². The summed E-state index contributed by atoms with van der Waals surface area (Å²) >= 11 is 0. The highest BCUT2D eigenvalue weighted by Crippen LogP contribution is 2.29. The average Bonchev–Trinajstić information content (AvgIpc) is 2.68. The highest BCUT2D eigenvalue weighted by atomic mass is 16.5.